The third-order valence-corrected chi connectivity index (χ3v) is 6.14. The summed E-state index contributed by atoms with van der Waals surface area (Å²) in [6.07, 6.45) is 4.95. The number of carbonyl (C=O) groups excluding carboxylic acids is 1. The number of amides is 1. The lowest BCUT2D eigenvalue weighted by atomic mass is 10.1. The third-order valence-electron chi connectivity index (χ3n) is 4.94. The molecule has 4 rings (SSSR count). The largest absolute Gasteiger partial charge is 0.492 e. The summed E-state index contributed by atoms with van der Waals surface area (Å²) in [6.45, 7) is 2.58. The summed E-state index contributed by atoms with van der Waals surface area (Å²) in [7, 11) is 1.65. The average molecular weight is 383 g/mol. The molecule has 140 valence electrons. The number of hydrogen-bond acceptors (Lipinski definition) is 5. The first-order chi connectivity index (χ1) is 13.0. The third kappa shape index (κ3) is 3.35. The Kier molecular flexibility index (Phi) is 4.70. The highest BCUT2D eigenvalue weighted by Gasteiger charge is 2.18. The van der Waals surface area contributed by atoms with Crippen molar-refractivity contribution in [3.8, 4) is 5.75 Å². The number of thiophene rings is 1. The molecule has 6 nitrogen and oxygen atoms in total. The maximum atomic E-state index is 12.5. The monoisotopic (exact) mass is 383 g/mol. The number of nitrogens with zero attached hydrogens (tertiary/aromatic N) is 2. The number of rotatable bonds is 5. The Morgan fingerprint density at radius 1 is 1.33 bits per heavy atom. The predicted octanol–water partition coefficient (Wildman–Crippen LogP) is 2.60. The molecule has 7 heteroatoms. The number of benzene rings is 1. The van der Waals surface area contributed by atoms with Crippen molar-refractivity contribution < 1.29 is 9.53 Å². The van der Waals surface area contributed by atoms with Gasteiger partial charge < -0.3 is 14.6 Å². The zero-order chi connectivity index (χ0) is 19.0. The van der Waals surface area contributed by atoms with Crippen LogP contribution in [0.3, 0.4) is 0 Å². The molecule has 0 fully saturated rings. The zero-order valence-corrected chi connectivity index (χ0v) is 16.2. The van der Waals surface area contributed by atoms with Gasteiger partial charge in [-0.2, -0.15) is 0 Å². The highest BCUT2D eigenvalue weighted by molar-refractivity contribution is 7.20. The summed E-state index contributed by atoms with van der Waals surface area (Å²) in [6, 6.07) is 6.22. The number of aromatic nitrogens is 2. The fourth-order valence-electron chi connectivity index (χ4n) is 3.48. The number of ether oxygens (including phenoxy) is 1. The quantitative estimate of drug-likeness (QED) is 0.688. The molecule has 0 radical (unpaired) electrons. The lowest BCUT2D eigenvalue weighted by molar-refractivity contribution is 0.0950. The number of carbonyl (C=O) groups is 1. The molecule has 1 aliphatic rings. The summed E-state index contributed by atoms with van der Waals surface area (Å²) in [5, 5.41) is 3.39. The van der Waals surface area contributed by atoms with Crippen molar-refractivity contribution in [1.29, 1.82) is 0 Å². The van der Waals surface area contributed by atoms with Crippen LogP contribution in [0, 0.1) is 6.92 Å². The van der Waals surface area contributed by atoms with Crippen LogP contribution in [0.5, 0.6) is 5.75 Å². The van der Waals surface area contributed by atoms with E-state index in [0.717, 1.165) is 18.6 Å². The molecule has 1 amide bonds. The van der Waals surface area contributed by atoms with Crippen molar-refractivity contribution in [3.05, 3.63) is 56.4 Å². The van der Waals surface area contributed by atoms with Crippen LogP contribution >= 0.6 is 11.3 Å². The molecule has 1 N–H and O–H groups in total. The van der Waals surface area contributed by atoms with E-state index >= 15 is 0 Å². The summed E-state index contributed by atoms with van der Waals surface area (Å²) in [4.78, 5) is 30.1. The second-order valence-electron chi connectivity index (χ2n) is 6.79. The van der Waals surface area contributed by atoms with Crippen LogP contribution in [0.25, 0.3) is 10.2 Å². The number of nitrogens with one attached hydrogen (secondary N) is 1. The lowest BCUT2D eigenvalue weighted by Crippen LogP contribution is -2.28. The molecule has 0 spiro atoms. The van der Waals surface area contributed by atoms with E-state index in [9.17, 15) is 9.59 Å². The summed E-state index contributed by atoms with van der Waals surface area (Å²) >= 11 is 1.25. The Labute approximate surface area is 160 Å². The van der Waals surface area contributed by atoms with Gasteiger partial charge in [-0.3, -0.25) is 9.59 Å². The smallest absolute Gasteiger partial charge is 0.262 e. The van der Waals surface area contributed by atoms with Crippen molar-refractivity contribution in [1.82, 2.24) is 14.9 Å². The molecule has 2 aromatic heterocycles. The first-order valence-electron chi connectivity index (χ1n) is 9.02. The molecular formula is C20H21N3O3S. The van der Waals surface area contributed by atoms with Gasteiger partial charge in [0.1, 0.15) is 17.2 Å². The van der Waals surface area contributed by atoms with Crippen molar-refractivity contribution in [2.24, 2.45) is 7.05 Å². The number of hydrogen-bond donors (Lipinski definition) is 1. The van der Waals surface area contributed by atoms with E-state index in [-0.39, 0.29) is 11.5 Å². The topological polar surface area (TPSA) is 73.2 Å². The van der Waals surface area contributed by atoms with Crippen LogP contribution in [0.15, 0.2) is 29.3 Å². The average Bonchev–Trinajstić information content (AvgIpc) is 3.26. The highest BCUT2D eigenvalue weighted by atomic mass is 32.1. The lowest BCUT2D eigenvalue weighted by Gasteiger charge is -2.09. The molecule has 0 aliphatic heterocycles. The van der Waals surface area contributed by atoms with Crippen molar-refractivity contribution in [3.63, 3.8) is 0 Å². The van der Waals surface area contributed by atoms with Gasteiger partial charge >= 0.3 is 0 Å². The van der Waals surface area contributed by atoms with Crippen LogP contribution in [0.1, 0.15) is 32.8 Å². The molecular weight excluding hydrogens is 362 g/mol. The van der Waals surface area contributed by atoms with Gasteiger partial charge in [-0.15, -0.1) is 11.3 Å². The van der Waals surface area contributed by atoms with E-state index in [4.69, 9.17) is 4.74 Å². The summed E-state index contributed by atoms with van der Waals surface area (Å²) in [5.74, 6) is 0.644. The zero-order valence-electron chi connectivity index (χ0n) is 15.4. The second kappa shape index (κ2) is 7.15. The van der Waals surface area contributed by atoms with E-state index in [0.29, 0.717) is 33.8 Å². The number of aryl methyl sites for hydroxylation is 4. The van der Waals surface area contributed by atoms with Gasteiger partial charge in [0, 0.05) is 7.05 Å². The second-order valence-corrected chi connectivity index (χ2v) is 7.78. The molecule has 0 saturated heterocycles. The summed E-state index contributed by atoms with van der Waals surface area (Å²) in [5.41, 5.74) is 3.33. The Morgan fingerprint density at radius 2 is 2.15 bits per heavy atom. The fraction of sp³-hybridized carbons (Fsp3) is 0.350. The highest BCUT2D eigenvalue weighted by Crippen LogP contribution is 2.27. The maximum Gasteiger partial charge on any atom is 0.262 e. The van der Waals surface area contributed by atoms with E-state index in [1.165, 1.54) is 39.8 Å². The fourth-order valence-corrected chi connectivity index (χ4v) is 4.53. The first kappa shape index (κ1) is 17.7. The van der Waals surface area contributed by atoms with E-state index < -0.39 is 0 Å². The van der Waals surface area contributed by atoms with E-state index in [1.54, 1.807) is 14.0 Å². The molecule has 1 aliphatic carbocycles. The van der Waals surface area contributed by atoms with Crippen LogP contribution in [0.4, 0.5) is 0 Å². The normalized spacial score (nSPS) is 13.0. The molecule has 1 aromatic carbocycles. The molecule has 2 heterocycles. The van der Waals surface area contributed by atoms with Crippen molar-refractivity contribution in [2.75, 3.05) is 13.2 Å². The van der Waals surface area contributed by atoms with E-state index in [2.05, 4.69) is 22.4 Å². The van der Waals surface area contributed by atoms with Gasteiger partial charge in [0.15, 0.2) is 0 Å². The molecule has 27 heavy (non-hydrogen) atoms. The first-order valence-corrected chi connectivity index (χ1v) is 9.84. The van der Waals surface area contributed by atoms with Crippen LogP contribution in [-0.2, 0) is 19.9 Å². The predicted molar refractivity (Wildman–Crippen MR) is 106 cm³/mol. The van der Waals surface area contributed by atoms with Gasteiger partial charge in [-0.25, -0.2) is 4.98 Å². The van der Waals surface area contributed by atoms with Gasteiger partial charge in [0.05, 0.1) is 23.1 Å². The standard InChI is InChI=1S/C20H21N3O3S/c1-12-16-19(22-11-23(2)20(16)25)27-17(12)18(24)21-8-9-26-15-7-6-13-4-3-5-14(13)10-15/h6-7,10-11H,3-5,8-9H2,1-2H3,(H,21,24). The molecule has 0 saturated carbocycles. The molecule has 0 atom stereocenters. The minimum Gasteiger partial charge on any atom is -0.492 e. The molecule has 3 aromatic rings. The minimum absolute atomic E-state index is 0.132. The molecule has 0 bridgehead atoms. The van der Waals surface area contributed by atoms with Crippen LogP contribution in [0.2, 0.25) is 0 Å². The van der Waals surface area contributed by atoms with E-state index in [1.807, 2.05) is 6.07 Å². The SMILES string of the molecule is Cc1c(C(=O)NCCOc2ccc3c(c2)CCC3)sc2ncn(C)c(=O)c12. The van der Waals surface area contributed by atoms with Gasteiger partial charge in [-0.05, 0) is 55.0 Å². The van der Waals surface area contributed by atoms with Gasteiger partial charge in [0.25, 0.3) is 11.5 Å². The minimum atomic E-state index is -0.199. The Hall–Kier alpha value is -2.67. The van der Waals surface area contributed by atoms with Crippen molar-refractivity contribution >= 4 is 27.5 Å². The van der Waals surface area contributed by atoms with Crippen molar-refractivity contribution in [2.45, 2.75) is 26.2 Å². The van der Waals surface area contributed by atoms with Crippen LogP contribution < -0.4 is 15.6 Å². The van der Waals surface area contributed by atoms with Gasteiger partial charge in [0.2, 0.25) is 0 Å². The molecule has 0 unspecified atom stereocenters. The van der Waals surface area contributed by atoms with Gasteiger partial charge in [-0.1, -0.05) is 6.07 Å². The summed E-state index contributed by atoms with van der Waals surface area (Å²) < 4.78 is 7.19. The maximum absolute atomic E-state index is 12.5. The Morgan fingerprint density at radius 3 is 3.00 bits per heavy atom. The number of fused-ring (bicyclic) bond motifs is 2. The van der Waals surface area contributed by atoms with Crippen LogP contribution in [-0.4, -0.2) is 28.6 Å². The Balaban J connectivity index is 1.38. The Bertz CT molecular complexity index is 1080.